The van der Waals surface area contributed by atoms with Crippen LogP contribution >= 0.6 is 0 Å². The van der Waals surface area contributed by atoms with Gasteiger partial charge in [0.25, 0.3) is 0 Å². The third kappa shape index (κ3) is 6.41. The maximum absolute atomic E-state index is 12.7. The monoisotopic (exact) mass is 478 g/mol. The van der Waals surface area contributed by atoms with Gasteiger partial charge in [-0.2, -0.15) is 0 Å². The summed E-state index contributed by atoms with van der Waals surface area (Å²) in [4.78, 5) is 36.6. The Bertz CT molecular complexity index is 1000. The average molecular weight is 479 g/mol. The number of aliphatic carboxylic acids is 1. The number of nitrogens with one attached hydrogen (secondary N) is 2. The largest absolute Gasteiger partial charge is 0.481 e. The Labute approximate surface area is 206 Å². The lowest BCUT2D eigenvalue weighted by atomic mass is 9.97. The fourth-order valence-corrected chi connectivity index (χ4v) is 5.34. The van der Waals surface area contributed by atoms with Crippen molar-refractivity contribution in [2.24, 2.45) is 5.92 Å². The first-order valence-electron chi connectivity index (χ1n) is 12.6. The van der Waals surface area contributed by atoms with E-state index in [-0.39, 0.29) is 12.5 Å². The molecule has 2 aromatic carbocycles. The number of hydrogen-bond donors (Lipinski definition) is 3. The Kier molecular flexibility index (Phi) is 8.40. The highest BCUT2D eigenvalue weighted by molar-refractivity contribution is 5.89. The number of alkyl carbamates (subject to hydrolysis) is 1. The van der Waals surface area contributed by atoms with Crippen LogP contribution in [0.15, 0.2) is 48.5 Å². The zero-order valence-electron chi connectivity index (χ0n) is 20.0. The van der Waals surface area contributed by atoms with Gasteiger partial charge in [0.1, 0.15) is 12.6 Å². The first kappa shape index (κ1) is 24.8. The number of fused-ring (bicyclic) bond motifs is 3. The number of hydrogen-bond acceptors (Lipinski definition) is 4. The van der Waals surface area contributed by atoms with Crippen LogP contribution in [0.1, 0.15) is 68.4 Å². The molecule has 7 heteroatoms. The van der Waals surface area contributed by atoms with Crippen LogP contribution in [-0.2, 0) is 14.3 Å². The van der Waals surface area contributed by atoms with Gasteiger partial charge in [-0.15, -0.1) is 0 Å². The Hall–Kier alpha value is -3.35. The van der Waals surface area contributed by atoms with Crippen LogP contribution in [-0.4, -0.2) is 42.3 Å². The fourth-order valence-electron chi connectivity index (χ4n) is 5.34. The van der Waals surface area contributed by atoms with Crippen LogP contribution in [0.25, 0.3) is 11.1 Å². The van der Waals surface area contributed by atoms with E-state index in [2.05, 4.69) is 22.8 Å². The maximum atomic E-state index is 12.7. The second-order valence-electron chi connectivity index (χ2n) is 9.56. The van der Waals surface area contributed by atoms with Gasteiger partial charge in [0.05, 0.1) is 6.42 Å². The molecule has 0 bridgehead atoms. The SMILES string of the molecule is O=C(O)CC(NC(=O)OCC1c2ccccc2-c2ccccc21)C(=O)NCCC1CCCCCC1. The smallest absolute Gasteiger partial charge is 0.407 e. The summed E-state index contributed by atoms with van der Waals surface area (Å²) in [6.45, 7) is 0.578. The van der Waals surface area contributed by atoms with Gasteiger partial charge in [0.2, 0.25) is 5.91 Å². The van der Waals surface area contributed by atoms with Gasteiger partial charge in [0.15, 0.2) is 0 Å². The van der Waals surface area contributed by atoms with E-state index < -0.39 is 30.4 Å². The number of rotatable bonds is 9. The van der Waals surface area contributed by atoms with E-state index >= 15 is 0 Å². The van der Waals surface area contributed by atoms with Crippen molar-refractivity contribution in [3.63, 3.8) is 0 Å². The average Bonchev–Trinajstić information content (AvgIpc) is 2.97. The predicted octanol–water partition coefficient (Wildman–Crippen LogP) is 4.85. The van der Waals surface area contributed by atoms with Crippen molar-refractivity contribution in [2.45, 2.75) is 63.3 Å². The van der Waals surface area contributed by atoms with Gasteiger partial charge in [0, 0.05) is 12.5 Å². The molecule has 2 aliphatic rings. The number of carbonyl (C=O) groups is 3. The second-order valence-corrected chi connectivity index (χ2v) is 9.56. The highest BCUT2D eigenvalue weighted by Crippen LogP contribution is 2.44. The molecule has 1 atom stereocenters. The van der Waals surface area contributed by atoms with Crippen LogP contribution in [0.5, 0.6) is 0 Å². The Morgan fingerprint density at radius 3 is 2.11 bits per heavy atom. The maximum Gasteiger partial charge on any atom is 0.407 e. The normalized spacial score (nSPS) is 16.5. The summed E-state index contributed by atoms with van der Waals surface area (Å²) < 4.78 is 5.49. The van der Waals surface area contributed by atoms with Crippen LogP contribution in [0.3, 0.4) is 0 Å². The summed E-state index contributed by atoms with van der Waals surface area (Å²) in [6.07, 6.45) is 6.92. The molecule has 7 nitrogen and oxygen atoms in total. The molecule has 2 amide bonds. The minimum atomic E-state index is -1.18. The topological polar surface area (TPSA) is 105 Å². The van der Waals surface area contributed by atoms with Gasteiger partial charge >= 0.3 is 12.1 Å². The number of carbonyl (C=O) groups excluding carboxylic acids is 2. The first-order valence-corrected chi connectivity index (χ1v) is 12.6. The number of amides is 2. The van der Waals surface area contributed by atoms with E-state index in [0.717, 1.165) is 28.7 Å². The molecule has 1 unspecified atom stereocenters. The second kappa shape index (κ2) is 11.9. The van der Waals surface area contributed by atoms with Gasteiger partial charge < -0.3 is 20.5 Å². The molecular formula is C28H34N2O5. The molecule has 186 valence electrons. The highest BCUT2D eigenvalue weighted by Gasteiger charge is 2.30. The quantitative estimate of drug-likeness (QED) is 0.447. The molecule has 2 aromatic rings. The van der Waals surface area contributed by atoms with Gasteiger partial charge in [-0.05, 0) is 34.6 Å². The van der Waals surface area contributed by atoms with E-state index in [4.69, 9.17) is 4.74 Å². The number of carboxylic acid groups (broad SMARTS) is 1. The summed E-state index contributed by atoms with van der Waals surface area (Å²) in [5.74, 6) is -1.17. The molecule has 0 radical (unpaired) electrons. The molecule has 0 spiro atoms. The first-order chi connectivity index (χ1) is 17.0. The van der Waals surface area contributed by atoms with Gasteiger partial charge in [-0.3, -0.25) is 9.59 Å². The summed E-state index contributed by atoms with van der Waals surface area (Å²) in [7, 11) is 0. The third-order valence-corrected chi connectivity index (χ3v) is 7.16. The molecule has 1 fully saturated rings. The standard InChI is InChI=1S/C28H34N2O5/c31-26(32)17-25(27(33)29-16-15-19-9-3-1-2-4-10-19)30-28(34)35-18-24-22-13-7-5-11-20(22)21-12-6-8-14-23(21)24/h5-8,11-14,19,24-25H,1-4,9-10,15-18H2,(H,29,33)(H,30,34)(H,31,32). The lowest BCUT2D eigenvalue weighted by molar-refractivity contribution is -0.139. The number of benzene rings is 2. The predicted molar refractivity (Wildman–Crippen MR) is 133 cm³/mol. The molecular weight excluding hydrogens is 444 g/mol. The molecule has 3 N–H and O–H groups in total. The summed E-state index contributed by atoms with van der Waals surface area (Å²) >= 11 is 0. The third-order valence-electron chi connectivity index (χ3n) is 7.16. The zero-order chi connectivity index (χ0) is 24.6. The molecule has 0 saturated heterocycles. The van der Waals surface area contributed by atoms with Crippen LogP contribution < -0.4 is 10.6 Å². The van der Waals surface area contributed by atoms with Crippen molar-refractivity contribution >= 4 is 18.0 Å². The van der Waals surface area contributed by atoms with Crippen molar-refractivity contribution in [1.29, 1.82) is 0 Å². The van der Waals surface area contributed by atoms with E-state index in [0.29, 0.717) is 12.5 Å². The highest BCUT2D eigenvalue weighted by atomic mass is 16.5. The minimum Gasteiger partial charge on any atom is -0.481 e. The number of ether oxygens (including phenoxy) is 1. The zero-order valence-corrected chi connectivity index (χ0v) is 20.0. The van der Waals surface area contributed by atoms with Crippen molar-refractivity contribution in [3.8, 4) is 11.1 Å². The van der Waals surface area contributed by atoms with Gasteiger partial charge in [-0.25, -0.2) is 4.79 Å². The molecule has 1 saturated carbocycles. The molecule has 0 aliphatic heterocycles. The Morgan fingerprint density at radius 1 is 0.914 bits per heavy atom. The van der Waals surface area contributed by atoms with Crippen molar-refractivity contribution in [3.05, 3.63) is 59.7 Å². The molecule has 2 aliphatic carbocycles. The Morgan fingerprint density at radius 2 is 1.51 bits per heavy atom. The Balaban J connectivity index is 1.31. The van der Waals surface area contributed by atoms with Crippen molar-refractivity contribution < 1.29 is 24.2 Å². The fraction of sp³-hybridized carbons (Fsp3) is 0.464. The van der Waals surface area contributed by atoms with Crippen LogP contribution in [0.2, 0.25) is 0 Å². The van der Waals surface area contributed by atoms with Crippen molar-refractivity contribution in [2.75, 3.05) is 13.2 Å². The minimum absolute atomic E-state index is 0.100. The summed E-state index contributed by atoms with van der Waals surface area (Å²) in [6, 6.07) is 14.9. The molecule has 0 heterocycles. The molecule has 4 rings (SSSR count). The molecule has 0 aromatic heterocycles. The van der Waals surface area contributed by atoms with Gasteiger partial charge in [-0.1, -0.05) is 87.1 Å². The van der Waals surface area contributed by atoms with E-state index in [1.165, 1.54) is 38.5 Å². The summed E-state index contributed by atoms with van der Waals surface area (Å²) in [5.41, 5.74) is 4.41. The molecule has 35 heavy (non-hydrogen) atoms. The number of carboxylic acids is 1. The van der Waals surface area contributed by atoms with E-state index in [1.54, 1.807) is 0 Å². The lowest BCUT2D eigenvalue weighted by Gasteiger charge is -2.19. The van der Waals surface area contributed by atoms with E-state index in [1.807, 2.05) is 36.4 Å². The van der Waals surface area contributed by atoms with Crippen LogP contribution in [0.4, 0.5) is 4.79 Å². The lowest BCUT2D eigenvalue weighted by Crippen LogP contribution is -2.48. The van der Waals surface area contributed by atoms with Crippen molar-refractivity contribution in [1.82, 2.24) is 10.6 Å². The van der Waals surface area contributed by atoms with E-state index in [9.17, 15) is 19.5 Å². The van der Waals surface area contributed by atoms with Crippen LogP contribution in [0, 0.1) is 5.92 Å². The summed E-state index contributed by atoms with van der Waals surface area (Å²) in [5, 5.41) is 14.5.